The van der Waals surface area contributed by atoms with Gasteiger partial charge in [0.05, 0.1) is 0 Å². The Labute approximate surface area is 92.3 Å². The van der Waals surface area contributed by atoms with Crippen LogP contribution in [0.25, 0.3) is 0 Å². The lowest BCUT2D eigenvalue weighted by molar-refractivity contribution is 0.119. The van der Waals surface area contributed by atoms with Gasteiger partial charge in [-0.1, -0.05) is 24.3 Å². The van der Waals surface area contributed by atoms with E-state index < -0.39 is 0 Å². The Kier molecular flexibility index (Phi) is 2.81. The molecule has 1 heterocycles. The van der Waals surface area contributed by atoms with E-state index in [2.05, 4.69) is 48.3 Å². The van der Waals surface area contributed by atoms with Crippen LogP contribution >= 0.6 is 0 Å². The van der Waals surface area contributed by atoms with Crippen LogP contribution in [0, 0.1) is 0 Å². The van der Waals surface area contributed by atoms with Gasteiger partial charge in [0.25, 0.3) is 0 Å². The van der Waals surface area contributed by atoms with E-state index in [-0.39, 0.29) is 5.54 Å². The summed E-state index contributed by atoms with van der Waals surface area (Å²) >= 11 is 0. The maximum Gasteiger partial charge on any atom is 0.0284 e. The summed E-state index contributed by atoms with van der Waals surface area (Å²) in [5, 5.41) is 3.27. The number of nitrogens with zero attached hydrogens (tertiary/aromatic N) is 1. The van der Waals surface area contributed by atoms with Crippen LogP contribution in [0.1, 0.15) is 25.0 Å². The molecule has 0 fully saturated rings. The first-order valence-electron chi connectivity index (χ1n) is 5.60. The second-order valence-electron chi connectivity index (χ2n) is 4.97. The molecular formula is C13H20N2. The van der Waals surface area contributed by atoms with Gasteiger partial charge in [-0.15, -0.1) is 0 Å². The molecule has 0 bridgehead atoms. The first-order chi connectivity index (χ1) is 7.13. The van der Waals surface area contributed by atoms with Crippen LogP contribution < -0.4 is 5.32 Å². The highest BCUT2D eigenvalue weighted by molar-refractivity contribution is 5.30. The molecule has 15 heavy (non-hydrogen) atoms. The van der Waals surface area contributed by atoms with Gasteiger partial charge in [-0.3, -0.25) is 4.90 Å². The lowest BCUT2D eigenvalue weighted by Crippen LogP contribution is -2.47. The minimum atomic E-state index is 0.230. The Hall–Kier alpha value is -0.860. The lowest BCUT2D eigenvalue weighted by Gasteiger charge is -2.35. The van der Waals surface area contributed by atoms with Crippen LogP contribution in [-0.2, 0) is 13.1 Å². The van der Waals surface area contributed by atoms with Crippen molar-refractivity contribution >= 4 is 0 Å². The van der Waals surface area contributed by atoms with E-state index in [9.17, 15) is 0 Å². The zero-order valence-electron chi connectivity index (χ0n) is 9.88. The highest BCUT2D eigenvalue weighted by Crippen LogP contribution is 2.28. The number of benzene rings is 1. The van der Waals surface area contributed by atoms with E-state index in [1.165, 1.54) is 11.1 Å². The third-order valence-electron chi connectivity index (χ3n) is 3.31. The van der Waals surface area contributed by atoms with Gasteiger partial charge in [-0.2, -0.15) is 0 Å². The third-order valence-corrected chi connectivity index (χ3v) is 3.31. The largest absolute Gasteiger partial charge is 0.318 e. The quantitative estimate of drug-likeness (QED) is 0.810. The molecule has 2 rings (SSSR count). The fraction of sp³-hybridized carbons (Fsp3) is 0.538. The molecule has 0 unspecified atom stereocenters. The van der Waals surface area contributed by atoms with E-state index in [0.29, 0.717) is 0 Å². The molecule has 1 aromatic rings. The summed E-state index contributed by atoms with van der Waals surface area (Å²) in [6.45, 7) is 7.81. The van der Waals surface area contributed by atoms with E-state index in [1.54, 1.807) is 0 Å². The standard InChI is InChI=1S/C13H20N2/c1-13(2,10-14-3)15-8-11-6-4-5-7-12(11)9-15/h4-7,14H,8-10H2,1-3H3. The number of nitrogens with one attached hydrogen (secondary N) is 1. The second kappa shape index (κ2) is 3.95. The zero-order valence-corrected chi connectivity index (χ0v) is 9.88. The first-order valence-corrected chi connectivity index (χ1v) is 5.60. The summed E-state index contributed by atoms with van der Waals surface area (Å²) in [6.07, 6.45) is 0. The highest BCUT2D eigenvalue weighted by Gasteiger charge is 2.30. The van der Waals surface area contributed by atoms with Gasteiger partial charge in [-0.05, 0) is 32.0 Å². The molecule has 0 atom stereocenters. The van der Waals surface area contributed by atoms with Crippen molar-refractivity contribution in [3.05, 3.63) is 35.4 Å². The fourth-order valence-electron chi connectivity index (χ4n) is 2.31. The topological polar surface area (TPSA) is 15.3 Å². The van der Waals surface area contributed by atoms with Crippen molar-refractivity contribution in [2.45, 2.75) is 32.5 Å². The third kappa shape index (κ3) is 2.06. The number of hydrogen-bond donors (Lipinski definition) is 1. The van der Waals surface area contributed by atoms with Crippen molar-refractivity contribution in [1.29, 1.82) is 0 Å². The van der Waals surface area contributed by atoms with E-state index in [0.717, 1.165) is 19.6 Å². The minimum Gasteiger partial charge on any atom is -0.318 e. The van der Waals surface area contributed by atoms with Crippen molar-refractivity contribution in [1.82, 2.24) is 10.2 Å². The monoisotopic (exact) mass is 204 g/mol. The Bertz CT molecular complexity index is 319. The predicted molar refractivity (Wildman–Crippen MR) is 63.7 cm³/mol. The smallest absolute Gasteiger partial charge is 0.0284 e. The van der Waals surface area contributed by atoms with Gasteiger partial charge in [-0.25, -0.2) is 0 Å². The summed E-state index contributed by atoms with van der Waals surface area (Å²) in [6, 6.07) is 8.75. The van der Waals surface area contributed by atoms with Gasteiger partial charge >= 0.3 is 0 Å². The van der Waals surface area contributed by atoms with E-state index in [1.807, 2.05) is 7.05 Å². The Morgan fingerprint density at radius 3 is 2.20 bits per heavy atom. The maximum atomic E-state index is 3.27. The SMILES string of the molecule is CNCC(C)(C)N1Cc2ccccc2C1. The summed E-state index contributed by atoms with van der Waals surface area (Å²) < 4.78 is 0. The Morgan fingerprint density at radius 1 is 1.20 bits per heavy atom. The molecule has 1 N–H and O–H groups in total. The number of likely N-dealkylation sites (N-methyl/N-ethyl adjacent to an activating group) is 1. The zero-order chi connectivity index (χ0) is 10.9. The molecule has 82 valence electrons. The average Bonchev–Trinajstić information content (AvgIpc) is 2.61. The summed E-state index contributed by atoms with van der Waals surface area (Å²) in [7, 11) is 2.02. The minimum absolute atomic E-state index is 0.230. The molecule has 2 heteroatoms. The van der Waals surface area contributed by atoms with Crippen LogP contribution in [0.15, 0.2) is 24.3 Å². The number of rotatable bonds is 3. The molecule has 0 spiro atoms. The van der Waals surface area contributed by atoms with Gasteiger partial charge in [0, 0.05) is 25.2 Å². The van der Waals surface area contributed by atoms with E-state index >= 15 is 0 Å². The lowest BCUT2D eigenvalue weighted by atomic mass is 10.0. The normalized spacial score (nSPS) is 16.7. The molecule has 2 nitrogen and oxygen atoms in total. The molecule has 1 aliphatic heterocycles. The van der Waals surface area contributed by atoms with Gasteiger partial charge in [0.1, 0.15) is 0 Å². The Morgan fingerprint density at radius 2 is 1.73 bits per heavy atom. The van der Waals surface area contributed by atoms with Crippen LogP contribution in [-0.4, -0.2) is 24.0 Å². The highest BCUT2D eigenvalue weighted by atomic mass is 15.2. The van der Waals surface area contributed by atoms with Crippen LogP contribution in [0.5, 0.6) is 0 Å². The molecule has 0 saturated carbocycles. The van der Waals surface area contributed by atoms with Crippen LogP contribution in [0.3, 0.4) is 0 Å². The van der Waals surface area contributed by atoms with Gasteiger partial charge < -0.3 is 5.32 Å². The number of fused-ring (bicyclic) bond motifs is 1. The second-order valence-corrected chi connectivity index (χ2v) is 4.97. The van der Waals surface area contributed by atoms with Crippen molar-refractivity contribution in [3.8, 4) is 0 Å². The molecule has 1 aromatic carbocycles. The van der Waals surface area contributed by atoms with Gasteiger partial charge in [0.15, 0.2) is 0 Å². The van der Waals surface area contributed by atoms with Crippen molar-refractivity contribution in [2.75, 3.05) is 13.6 Å². The van der Waals surface area contributed by atoms with Crippen molar-refractivity contribution in [2.24, 2.45) is 0 Å². The summed E-state index contributed by atoms with van der Waals surface area (Å²) in [5.74, 6) is 0. The van der Waals surface area contributed by atoms with Crippen LogP contribution in [0.4, 0.5) is 0 Å². The first kappa shape index (κ1) is 10.7. The van der Waals surface area contributed by atoms with E-state index in [4.69, 9.17) is 0 Å². The van der Waals surface area contributed by atoms with Crippen molar-refractivity contribution in [3.63, 3.8) is 0 Å². The molecule has 0 aliphatic carbocycles. The van der Waals surface area contributed by atoms with Gasteiger partial charge in [0.2, 0.25) is 0 Å². The van der Waals surface area contributed by atoms with Crippen LogP contribution in [0.2, 0.25) is 0 Å². The summed E-state index contributed by atoms with van der Waals surface area (Å²) in [5.41, 5.74) is 3.21. The Balaban J connectivity index is 2.13. The molecule has 1 aliphatic rings. The molecule has 0 aromatic heterocycles. The summed E-state index contributed by atoms with van der Waals surface area (Å²) in [4.78, 5) is 2.54. The van der Waals surface area contributed by atoms with Crippen molar-refractivity contribution < 1.29 is 0 Å². The molecular weight excluding hydrogens is 184 g/mol. The molecule has 0 amide bonds. The maximum absolute atomic E-state index is 3.27. The predicted octanol–water partition coefficient (Wildman–Crippen LogP) is 2.00. The molecule has 0 saturated heterocycles. The average molecular weight is 204 g/mol. The fourth-order valence-corrected chi connectivity index (χ4v) is 2.31. The molecule has 0 radical (unpaired) electrons. The number of hydrogen-bond acceptors (Lipinski definition) is 2.